The molecule has 0 saturated heterocycles. The Labute approximate surface area is 122 Å². The zero-order chi connectivity index (χ0) is 15.0. The highest BCUT2D eigenvalue weighted by Gasteiger charge is 2.19. The number of carbonyl (C=O) groups excluding carboxylic acids is 1. The fraction of sp³-hybridized carbons (Fsp3) is 0.500. The van der Waals surface area contributed by atoms with Gasteiger partial charge in [-0.15, -0.1) is 0 Å². The lowest BCUT2D eigenvalue weighted by Crippen LogP contribution is -2.14. The van der Waals surface area contributed by atoms with Gasteiger partial charge in [0.05, 0.1) is 0 Å². The van der Waals surface area contributed by atoms with Crippen molar-refractivity contribution in [3.8, 4) is 0 Å². The molecule has 0 aliphatic rings. The number of esters is 1. The largest absolute Gasteiger partial charge is 0.431 e. The van der Waals surface area contributed by atoms with Crippen LogP contribution in [0.2, 0.25) is 0 Å². The van der Waals surface area contributed by atoms with Crippen molar-refractivity contribution in [1.82, 2.24) is 0 Å². The smallest absolute Gasteiger partial charge is 0.307 e. The van der Waals surface area contributed by atoms with Crippen LogP contribution in [-0.2, 0) is 16.0 Å². The van der Waals surface area contributed by atoms with Crippen LogP contribution in [0.4, 0.5) is 0 Å². The molecule has 2 heteroatoms. The molecule has 0 aliphatic carbocycles. The number of hydrogen-bond donors (Lipinski definition) is 0. The summed E-state index contributed by atoms with van der Waals surface area (Å²) in [6, 6.07) is 10.4. The van der Waals surface area contributed by atoms with Crippen LogP contribution in [0.5, 0.6) is 0 Å². The van der Waals surface area contributed by atoms with Crippen LogP contribution in [0.25, 0.3) is 0 Å². The first kappa shape index (κ1) is 16.5. The predicted molar refractivity (Wildman–Crippen MR) is 83.3 cm³/mol. The lowest BCUT2D eigenvalue weighted by Gasteiger charge is -2.21. The van der Waals surface area contributed by atoms with Crippen molar-refractivity contribution in [1.29, 1.82) is 0 Å². The summed E-state index contributed by atoms with van der Waals surface area (Å²) < 4.78 is 5.53. The molecule has 0 saturated carbocycles. The second-order valence-electron chi connectivity index (χ2n) is 5.28. The van der Waals surface area contributed by atoms with Gasteiger partial charge in [-0.25, -0.2) is 0 Å². The fourth-order valence-corrected chi connectivity index (χ4v) is 2.49. The highest BCUT2D eigenvalue weighted by molar-refractivity contribution is 5.67. The summed E-state index contributed by atoms with van der Waals surface area (Å²) >= 11 is 0. The van der Waals surface area contributed by atoms with Crippen LogP contribution in [0.1, 0.15) is 52.5 Å². The van der Waals surface area contributed by atoms with E-state index in [1.165, 1.54) is 18.1 Å². The maximum Gasteiger partial charge on any atom is 0.307 e. The number of carbonyl (C=O) groups is 1. The summed E-state index contributed by atoms with van der Waals surface area (Å²) in [6.07, 6.45) is 3.94. The van der Waals surface area contributed by atoms with Crippen LogP contribution in [0.3, 0.4) is 0 Å². The standard InChI is InChI=1S/C18H26O2/c1-5-10-14(3)18(20-15(4)19)17(6-2)13-16-11-8-7-9-12-16/h7-9,11-12,17H,5-6,10,13H2,1-4H3/b18-14-. The third-order valence-electron chi connectivity index (χ3n) is 3.49. The van der Waals surface area contributed by atoms with Gasteiger partial charge in [-0.3, -0.25) is 4.79 Å². The number of allylic oxidation sites excluding steroid dienone is 2. The number of hydrogen-bond acceptors (Lipinski definition) is 2. The van der Waals surface area contributed by atoms with Gasteiger partial charge in [-0.2, -0.15) is 0 Å². The lowest BCUT2D eigenvalue weighted by atomic mass is 9.91. The van der Waals surface area contributed by atoms with Crippen molar-refractivity contribution in [2.45, 2.75) is 53.4 Å². The highest BCUT2D eigenvalue weighted by atomic mass is 16.5. The first-order chi connectivity index (χ1) is 9.58. The Morgan fingerprint density at radius 1 is 1.15 bits per heavy atom. The van der Waals surface area contributed by atoms with Crippen molar-refractivity contribution in [3.63, 3.8) is 0 Å². The van der Waals surface area contributed by atoms with Crippen molar-refractivity contribution < 1.29 is 9.53 Å². The molecule has 110 valence electrons. The molecule has 1 rings (SSSR count). The molecule has 20 heavy (non-hydrogen) atoms. The van der Waals surface area contributed by atoms with Gasteiger partial charge in [0.2, 0.25) is 0 Å². The number of ether oxygens (including phenoxy) is 1. The molecule has 0 radical (unpaired) electrons. The van der Waals surface area contributed by atoms with Gasteiger partial charge in [-0.1, -0.05) is 50.6 Å². The van der Waals surface area contributed by atoms with Gasteiger partial charge in [0, 0.05) is 12.8 Å². The minimum atomic E-state index is -0.220. The monoisotopic (exact) mass is 274 g/mol. The Morgan fingerprint density at radius 2 is 1.80 bits per heavy atom. The van der Waals surface area contributed by atoms with E-state index in [0.717, 1.165) is 31.4 Å². The molecule has 1 aromatic rings. The normalized spacial score (nSPS) is 13.6. The van der Waals surface area contributed by atoms with E-state index >= 15 is 0 Å². The average molecular weight is 274 g/mol. The molecule has 2 nitrogen and oxygen atoms in total. The summed E-state index contributed by atoms with van der Waals surface area (Å²) in [7, 11) is 0. The predicted octanol–water partition coefficient (Wildman–Crippen LogP) is 4.89. The second kappa shape index (κ2) is 8.57. The number of rotatable bonds is 7. The highest BCUT2D eigenvalue weighted by Crippen LogP contribution is 2.26. The molecule has 1 aromatic carbocycles. The Kier molecular flexibility index (Phi) is 7.06. The van der Waals surface area contributed by atoms with E-state index in [2.05, 4.69) is 45.0 Å². The third kappa shape index (κ3) is 5.20. The molecule has 0 N–H and O–H groups in total. The molecule has 0 fully saturated rings. The van der Waals surface area contributed by atoms with Crippen LogP contribution in [0.15, 0.2) is 41.7 Å². The van der Waals surface area contributed by atoms with Crippen LogP contribution in [-0.4, -0.2) is 5.97 Å². The molecule has 0 aromatic heterocycles. The zero-order valence-corrected chi connectivity index (χ0v) is 13.1. The van der Waals surface area contributed by atoms with Gasteiger partial charge in [0.25, 0.3) is 0 Å². The van der Waals surface area contributed by atoms with Crippen LogP contribution < -0.4 is 0 Å². The van der Waals surface area contributed by atoms with Crippen molar-refractivity contribution in [2.24, 2.45) is 5.92 Å². The second-order valence-corrected chi connectivity index (χ2v) is 5.28. The molecular formula is C18H26O2. The molecule has 1 atom stereocenters. The Morgan fingerprint density at radius 3 is 2.30 bits per heavy atom. The summed E-state index contributed by atoms with van der Waals surface area (Å²) in [5, 5.41) is 0. The van der Waals surface area contributed by atoms with Crippen molar-refractivity contribution in [2.75, 3.05) is 0 Å². The molecule has 0 spiro atoms. The SMILES string of the molecule is CCC/C(C)=C(\OC(C)=O)C(CC)Cc1ccccc1. The van der Waals surface area contributed by atoms with E-state index in [0.29, 0.717) is 0 Å². The number of benzene rings is 1. The Balaban J connectivity index is 2.96. The Hall–Kier alpha value is -1.57. The van der Waals surface area contributed by atoms with Gasteiger partial charge < -0.3 is 4.74 Å². The van der Waals surface area contributed by atoms with Gasteiger partial charge in [0.15, 0.2) is 0 Å². The minimum Gasteiger partial charge on any atom is -0.431 e. The van der Waals surface area contributed by atoms with Gasteiger partial charge in [-0.05, 0) is 37.3 Å². The van der Waals surface area contributed by atoms with Gasteiger partial charge >= 0.3 is 5.97 Å². The molecule has 0 bridgehead atoms. The maximum atomic E-state index is 11.4. The maximum absolute atomic E-state index is 11.4. The van der Waals surface area contributed by atoms with Crippen LogP contribution >= 0.6 is 0 Å². The minimum absolute atomic E-state index is 0.220. The van der Waals surface area contributed by atoms with E-state index in [-0.39, 0.29) is 11.9 Å². The summed E-state index contributed by atoms with van der Waals surface area (Å²) in [4.78, 5) is 11.4. The molecule has 0 heterocycles. The summed E-state index contributed by atoms with van der Waals surface area (Å²) in [5.74, 6) is 0.931. The summed E-state index contributed by atoms with van der Waals surface area (Å²) in [6.45, 7) is 7.85. The molecule has 0 amide bonds. The van der Waals surface area contributed by atoms with E-state index in [1.807, 2.05) is 6.07 Å². The van der Waals surface area contributed by atoms with E-state index in [1.54, 1.807) is 0 Å². The molecular weight excluding hydrogens is 248 g/mol. The van der Waals surface area contributed by atoms with Crippen molar-refractivity contribution >= 4 is 5.97 Å². The fourth-order valence-electron chi connectivity index (χ4n) is 2.49. The quantitative estimate of drug-likeness (QED) is 0.522. The first-order valence-corrected chi connectivity index (χ1v) is 7.50. The van der Waals surface area contributed by atoms with E-state index < -0.39 is 0 Å². The zero-order valence-electron chi connectivity index (χ0n) is 13.1. The lowest BCUT2D eigenvalue weighted by molar-refractivity contribution is -0.137. The molecule has 1 unspecified atom stereocenters. The van der Waals surface area contributed by atoms with E-state index in [9.17, 15) is 4.79 Å². The first-order valence-electron chi connectivity index (χ1n) is 7.50. The Bertz CT molecular complexity index is 446. The topological polar surface area (TPSA) is 26.3 Å². The van der Waals surface area contributed by atoms with Gasteiger partial charge in [0.1, 0.15) is 5.76 Å². The molecule has 0 aliphatic heterocycles. The van der Waals surface area contributed by atoms with Crippen molar-refractivity contribution in [3.05, 3.63) is 47.2 Å². The van der Waals surface area contributed by atoms with Crippen LogP contribution in [0, 0.1) is 5.92 Å². The average Bonchev–Trinajstić information content (AvgIpc) is 2.43. The third-order valence-corrected chi connectivity index (χ3v) is 3.49. The summed E-state index contributed by atoms with van der Waals surface area (Å²) in [5.41, 5.74) is 2.48. The van der Waals surface area contributed by atoms with E-state index in [4.69, 9.17) is 4.74 Å².